The largest absolute Gasteiger partial charge is 0.484 e. The number of carbonyl (C=O) groups excluding carboxylic acids is 1. The third kappa shape index (κ3) is 4.51. The maximum atomic E-state index is 12.1. The van der Waals surface area contributed by atoms with Gasteiger partial charge in [0.15, 0.2) is 6.61 Å². The van der Waals surface area contributed by atoms with Crippen molar-refractivity contribution in [3.8, 4) is 16.9 Å². The van der Waals surface area contributed by atoms with E-state index >= 15 is 0 Å². The predicted octanol–water partition coefficient (Wildman–Crippen LogP) is 5.24. The van der Waals surface area contributed by atoms with Crippen molar-refractivity contribution in [2.75, 3.05) is 11.9 Å². The smallest absolute Gasteiger partial charge is 0.262 e. The highest BCUT2D eigenvalue weighted by Gasteiger charge is 2.07. The first-order valence-electron chi connectivity index (χ1n) is 8.83. The van der Waals surface area contributed by atoms with Crippen molar-refractivity contribution >= 4 is 11.6 Å². The Labute approximate surface area is 154 Å². The molecule has 1 amide bonds. The fraction of sp³-hybridized carbons (Fsp3) is 0.174. The molecule has 3 rings (SSSR count). The highest BCUT2D eigenvalue weighted by molar-refractivity contribution is 5.92. The van der Waals surface area contributed by atoms with Gasteiger partial charge in [-0.2, -0.15) is 0 Å². The fourth-order valence-corrected chi connectivity index (χ4v) is 2.78. The molecule has 0 bridgehead atoms. The number of amides is 1. The minimum absolute atomic E-state index is 0.0120. The lowest BCUT2D eigenvalue weighted by molar-refractivity contribution is -0.118. The van der Waals surface area contributed by atoms with Crippen molar-refractivity contribution in [2.45, 2.75) is 20.3 Å². The Morgan fingerprint density at radius 1 is 0.885 bits per heavy atom. The summed E-state index contributed by atoms with van der Waals surface area (Å²) < 4.78 is 5.61. The second kappa shape index (κ2) is 8.34. The van der Waals surface area contributed by atoms with Gasteiger partial charge >= 0.3 is 0 Å². The molecule has 0 unspecified atom stereocenters. The van der Waals surface area contributed by atoms with Crippen LogP contribution in [0.25, 0.3) is 11.1 Å². The molecule has 0 aliphatic heterocycles. The molecule has 3 heteroatoms. The zero-order chi connectivity index (χ0) is 18.4. The molecule has 0 aliphatic carbocycles. The van der Waals surface area contributed by atoms with Crippen molar-refractivity contribution in [1.82, 2.24) is 0 Å². The monoisotopic (exact) mass is 345 g/mol. The molecule has 0 saturated heterocycles. The van der Waals surface area contributed by atoms with Gasteiger partial charge in [0.05, 0.1) is 0 Å². The van der Waals surface area contributed by atoms with E-state index in [0.717, 1.165) is 28.8 Å². The van der Waals surface area contributed by atoms with Gasteiger partial charge in [0.1, 0.15) is 5.75 Å². The number of hydrogen-bond acceptors (Lipinski definition) is 2. The van der Waals surface area contributed by atoms with Crippen LogP contribution in [0.1, 0.15) is 18.1 Å². The topological polar surface area (TPSA) is 38.3 Å². The second-order valence-electron chi connectivity index (χ2n) is 6.24. The Hall–Kier alpha value is -3.07. The minimum atomic E-state index is -0.159. The average molecular weight is 345 g/mol. The molecule has 1 N–H and O–H groups in total. The lowest BCUT2D eigenvalue weighted by atomic mass is 10.0. The number of anilines is 1. The molecule has 3 nitrogen and oxygen atoms in total. The quantitative estimate of drug-likeness (QED) is 0.663. The van der Waals surface area contributed by atoms with Gasteiger partial charge in [-0.15, -0.1) is 0 Å². The third-order valence-corrected chi connectivity index (χ3v) is 4.28. The number of ether oxygens (including phenoxy) is 1. The third-order valence-electron chi connectivity index (χ3n) is 4.28. The second-order valence-corrected chi connectivity index (χ2v) is 6.24. The Balaban J connectivity index is 1.57. The van der Waals surface area contributed by atoms with Crippen molar-refractivity contribution in [2.24, 2.45) is 0 Å². The summed E-state index contributed by atoms with van der Waals surface area (Å²) in [5.41, 5.74) is 5.49. The van der Waals surface area contributed by atoms with Crippen LogP contribution in [0.3, 0.4) is 0 Å². The number of benzene rings is 3. The molecular formula is C23H23NO2. The summed E-state index contributed by atoms with van der Waals surface area (Å²) in [6.45, 7) is 4.13. The summed E-state index contributed by atoms with van der Waals surface area (Å²) in [7, 11) is 0. The molecule has 0 saturated carbocycles. The summed E-state index contributed by atoms with van der Waals surface area (Å²) in [5.74, 6) is 0.522. The highest BCUT2D eigenvalue weighted by atomic mass is 16.5. The highest BCUT2D eigenvalue weighted by Crippen LogP contribution is 2.23. The molecule has 26 heavy (non-hydrogen) atoms. The molecule has 0 radical (unpaired) electrons. The van der Waals surface area contributed by atoms with Crippen LogP contribution in [0.15, 0.2) is 72.8 Å². The van der Waals surface area contributed by atoms with Gasteiger partial charge < -0.3 is 10.1 Å². The summed E-state index contributed by atoms with van der Waals surface area (Å²) in [6.07, 6.45) is 0.873. The van der Waals surface area contributed by atoms with Crippen LogP contribution in [-0.4, -0.2) is 12.5 Å². The average Bonchev–Trinajstić information content (AvgIpc) is 2.68. The van der Waals surface area contributed by atoms with Gasteiger partial charge in [0, 0.05) is 5.69 Å². The van der Waals surface area contributed by atoms with Gasteiger partial charge in [0.2, 0.25) is 0 Å². The van der Waals surface area contributed by atoms with Gasteiger partial charge in [-0.05, 0) is 48.2 Å². The van der Waals surface area contributed by atoms with E-state index in [4.69, 9.17) is 4.74 Å². The van der Waals surface area contributed by atoms with E-state index in [1.54, 1.807) is 0 Å². The standard InChI is InChI=1S/C23H23NO2/c1-3-18-6-4-5-7-22(18)24-23(25)16-26-21-14-12-20(13-15-21)19-10-8-17(2)9-11-19/h4-15H,3,16H2,1-2H3,(H,24,25). The lowest BCUT2D eigenvalue weighted by Gasteiger charge is -2.11. The van der Waals surface area contributed by atoms with E-state index in [2.05, 4.69) is 43.4 Å². The van der Waals surface area contributed by atoms with Crippen molar-refractivity contribution < 1.29 is 9.53 Å². The SMILES string of the molecule is CCc1ccccc1NC(=O)COc1ccc(-c2ccc(C)cc2)cc1. The molecule has 0 fully saturated rings. The van der Waals surface area contributed by atoms with Crippen LogP contribution < -0.4 is 10.1 Å². The van der Waals surface area contributed by atoms with Crippen molar-refractivity contribution in [3.05, 3.63) is 83.9 Å². The van der Waals surface area contributed by atoms with E-state index in [9.17, 15) is 4.79 Å². The van der Waals surface area contributed by atoms with Crippen molar-refractivity contribution in [3.63, 3.8) is 0 Å². The summed E-state index contributed by atoms with van der Waals surface area (Å²) in [4.78, 5) is 12.1. The van der Waals surface area contributed by atoms with E-state index in [-0.39, 0.29) is 12.5 Å². The zero-order valence-electron chi connectivity index (χ0n) is 15.2. The number of para-hydroxylation sites is 1. The van der Waals surface area contributed by atoms with Gasteiger partial charge in [0.25, 0.3) is 5.91 Å². The van der Waals surface area contributed by atoms with Crippen LogP contribution in [0.2, 0.25) is 0 Å². The maximum absolute atomic E-state index is 12.1. The Kier molecular flexibility index (Phi) is 5.69. The van der Waals surface area contributed by atoms with Gasteiger partial charge in [-0.25, -0.2) is 0 Å². The van der Waals surface area contributed by atoms with Crippen LogP contribution in [-0.2, 0) is 11.2 Å². The normalized spacial score (nSPS) is 10.4. The number of hydrogen-bond donors (Lipinski definition) is 1. The number of nitrogens with one attached hydrogen (secondary N) is 1. The fourth-order valence-electron chi connectivity index (χ4n) is 2.78. The maximum Gasteiger partial charge on any atom is 0.262 e. The zero-order valence-corrected chi connectivity index (χ0v) is 15.2. The molecule has 3 aromatic rings. The first-order valence-corrected chi connectivity index (χ1v) is 8.83. The van der Waals surface area contributed by atoms with E-state index < -0.39 is 0 Å². The Bertz CT molecular complexity index is 867. The minimum Gasteiger partial charge on any atom is -0.484 e. The Morgan fingerprint density at radius 3 is 2.15 bits per heavy atom. The van der Waals surface area contributed by atoms with E-state index in [0.29, 0.717) is 5.75 Å². The van der Waals surface area contributed by atoms with Crippen LogP contribution in [0, 0.1) is 6.92 Å². The number of rotatable bonds is 6. The van der Waals surface area contributed by atoms with Crippen LogP contribution in [0.4, 0.5) is 5.69 Å². The van der Waals surface area contributed by atoms with Gasteiger partial charge in [-0.1, -0.05) is 67.1 Å². The number of carbonyl (C=O) groups is 1. The molecule has 0 heterocycles. The first-order chi connectivity index (χ1) is 12.7. The molecule has 0 atom stereocenters. The summed E-state index contributed by atoms with van der Waals surface area (Å²) in [6, 6.07) is 24.0. The number of aryl methyl sites for hydroxylation is 2. The first kappa shape index (κ1) is 17.7. The molecule has 132 valence electrons. The summed E-state index contributed by atoms with van der Waals surface area (Å²) >= 11 is 0. The van der Waals surface area contributed by atoms with E-state index in [1.807, 2.05) is 48.5 Å². The molecule has 0 aliphatic rings. The Morgan fingerprint density at radius 2 is 1.50 bits per heavy atom. The molecular weight excluding hydrogens is 322 g/mol. The molecule has 3 aromatic carbocycles. The molecule has 0 aromatic heterocycles. The summed E-state index contributed by atoms with van der Waals surface area (Å²) in [5, 5.41) is 2.91. The van der Waals surface area contributed by atoms with Crippen LogP contribution >= 0.6 is 0 Å². The predicted molar refractivity (Wildman–Crippen MR) is 107 cm³/mol. The van der Waals surface area contributed by atoms with Gasteiger partial charge in [-0.3, -0.25) is 4.79 Å². The molecule has 0 spiro atoms. The van der Waals surface area contributed by atoms with E-state index in [1.165, 1.54) is 5.56 Å². The van der Waals surface area contributed by atoms with Crippen molar-refractivity contribution in [1.29, 1.82) is 0 Å². The lowest BCUT2D eigenvalue weighted by Crippen LogP contribution is -2.20. The van der Waals surface area contributed by atoms with Crippen LogP contribution in [0.5, 0.6) is 5.75 Å².